The zero-order valence-electron chi connectivity index (χ0n) is 16.7. The van der Waals surface area contributed by atoms with Crippen LogP contribution in [0.2, 0.25) is 5.02 Å². The van der Waals surface area contributed by atoms with E-state index in [2.05, 4.69) is 6.92 Å². The van der Waals surface area contributed by atoms with E-state index in [1.54, 1.807) is 0 Å². The maximum Gasteiger partial charge on any atom is 0.145 e. The normalized spacial score (nSPS) is 19.5. The second-order valence-corrected chi connectivity index (χ2v) is 8.65. The van der Waals surface area contributed by atoms with E-state index in [1.165, 1.54) is 50.7 Å². The fraction of sp³-hybridized carbons (Fsp3) is 0.500. The summed E-state index contributed by atoms with van der Waals surface area (Å²) in [6.45, 7) is 2.21. The highest BCUT2D eigenvalue weighted by Gasteiger charge is 2.23. The smallest absolute Gasteiger partial charge is 0.145 e. The highest BCUT2D eigenvalue weighted by Crippen LogP contribution is 2.36. The Morgan fingerprint density at radius 1 is 0.793 bits per heavy atom. The molecule has 1 aliphatic rings. The number of hydrogen-bond donors (Lipinski definition) is 0. The van der Waals surface area contributed by atoms with Gasteiger partial charge in [0.2, 0.25) is 0 Å². The van der Waals surface area contributed by atoms with Gasteiger partial charge in [0.05, 0.1) is 5.56 Å². The van der Waals surface area contributed by atoms with Gasteiger partial charge < -0.3 is 0 Å². The molecule has 0 nitrogen and oxygen atoms in total. The molecule has 1 saturated carbocycles. The fourth-order valence-corrected chi connectivity index (χ4v) is 4.57. The summed E-state index contributed by atoms with van der Waals surface area (Å²) in [5, 5.41) is -0.684. The Balaban J connectivity index is 1.68. The lowest BCUT2D eigenvalue weighted by molar-refractivity contribution is 0.257. The van der Waals surface area contributed by atoms with Crippen LogP contribution in [0.25, 0.3) is 11.1 Å². The third-order valence-electron chi connectivity index (χ3n) is 6.08. The van der Waals surface area contributed by atoms with Gasteiger partial charge in [-0.05, 0) is 66.5 Å². The second-order valence-electron chi connectivity index (χ2n) is 8.27. The number of benzene rings is 2. The molecular formula is C24H27ClF4. The third kappa shape index (κ3) is 5.53. The maximum atomic E-state index is 14.6. The number of unbranched alkanes of at least 4 members (excludes halogenated alkanes) is 2. The van der Waals surface area contributed by atoms with Crippen LogP contribution in [0.1, 0.15) is 63.9 Å². The molecule has 5 heteroatoms. The van der Waals surface area contributed by atoms with Crippen molar-refractivity contribution in [3.05, 3.63) is 58.1 Å². The number of halogens is 5. The lowest BCUT2D eigenvalue weighted by atomic mass is 9.77. The van der Waals surface area contributed by atoms with Gasteiger partial charge in [-0.1, -0.05) is 57.0 Å². The molecule has 0 heterocycles. The van der Waals surface area contributed by atoms with Crippen molar-refractivity contribution in [1.29, 1.82) is 0 Å². The Kier molecular flexibility index (Phi) is 7.61. The molecule has 2 aromatic rings. The van der Waals surface area contributed by atoms with Crippen molar-refractivity contribution in [1.82, 2.24) is 0 Å². The Morgan fingerprint density at radius 2 is 1.34 bits per heavy atom. The molecule has 0 bridgehead atoms. The van der Waals surface area contributed by atoms with Gasteiger partial charge in [0.25, 0.3) is 0 Å². The number of hydrogen-bond acceptors (Lipinski definition) is 0. The standard InChI is InChI=1S/C24H27ClF4/c1-2-3-4-5-15-6-8-16(9-7-15)10-17-11-19(26)23(20(27)12-17)18-13-21(28)24(25)22(29)14-18/h11-16H,2-10H2,1H3. The van der Waals surface area contributed by atoms with Crippen LogP contribution in [-0.4, -0.2) is 0 Å². The molecule has 0 amide bonds. The van der Waals surface area contributed by atoms with Crippen molar-refractivity contribution in [2.45, 2.75) is 64.7 Å². The molecule has 0 saturated heterocycles. The van der Waals surface area contributed by atoms with Crippen molar-refractivity contribution in [3.63, 3.8) is 0 Å². The maximum absolute atomic E-state index is 14.6. The van der Waals surface area contributed by atoms with Crippen LogP contribution in [0, 0.1) is 35.1 Å². The van der Waals surface area contributed by atoms with Gasteiger partial charge >= 0.3 is 0 Å². The van der Waals surface area contributed by atoms with Crippen molar-refractivity contribution < 1.29 is 17.6 Å². The van der Waals surface area contributed by atoms with Crippen molar-refractivity contribution in [2.75, 3.05) is 0 Å². The summed E-state index contributed by atoms with van der Waals surface area (Å²) in [4.78, 5) is 0. The molecule has 0 atom stereocenters. The Bertz CT molecular complexity index is 795. The third-order valence-corrected chi connectivity index (χ3v) is 6.44. The Labute approximate surface area is 175 Å². The summed E-state index contributed by atoms with van der Waals surface area (Å²) < 4.78 is 56.6. The Morgan fingerprint density at radius 3 is 1.90 bits per heavy atom. The fourth-order valence-electron chi connectivity index (χ4n) is 4.46. The van der Waals surface area contributed by atoms with E-state index >= 15 is 0 Å². The molecule has 158 valence electrons. The van der Waals surface area contributed by atoms with E-state index in [0.717, 1.165) is 30.9 Å². The van der Waals surface area contributed by atoms with Crippen molar-refractivity contribution >= 4 is 11.6 Å². The van der Waals surface area contributed by atoms with Gasteiger partial charge in [-0.2, -0.15) is 0 Å². The minimum atomic E-state index is -1.04. The highest BCUT2D eigenvalue weighted by molar-refractivity contribution is 6.31. The molecule has 0 spiro atoms. The van der Waals surface area contributed by atoms with Crippen LogP contribution in [0.15, 0.2) is 24.3 Å². The van der Waals surface area contributed by atoms with Crippen LogP contribution < -0.4 is 0 Å². The van der Waals surface area contributed by atoms with Gasteiger partial charge in [0.1, 0.15) is 28.3 Å². The average Bonchev–Trinajstić information content (AvgIpc) is 2.67. The van der Waals surface area contributed by atoms with E-state index in [9.17, 15) is 17.6 Å². The second kappa shape index (κ2) is 9.97. The highest BCUT2D eigenvalue weighted by atomic mass is 35.5. The molecular weight excluding hydrogens is 400 g/mol. The van der Waals surface area contributed by atoms with E-state index in [4.69, 9.17) is 11.6 Å². The molecule has 1 aliphatic carbocycles. The van der Waals surface area contributed by atoms with Gasteiger partial charge in [-0.15, -0.1) is 0 Å². The largest absolute Gasteiger partial charge is 0.206 e. The molecule has 0 aliphatic heterocycles. The minimum absolute atomic E-state index is 0.196. The molecule has 0 unspecified atom stereocenters. The summed E-state index contributed by atoms with van der Waals surface area (Å²) in [6.07, 6.45) is 10.2. The van der Waals surface area contributed by atoms with Crippen LogP contribution in [-0.2, 0) is 6.42 Å². The summed E-state index contributed by atoms with van der Waals surface area (Å²) in [6, 6.07) is 4.28. The first-order valence-electron chi connectivity index (χ1n) is 10.5. The van der Waals surface area contributed by atoms with E-state index in [-0.39, 0.29) is 5.56 Å². The van der Waals surface area contributed by atoms with Gasteiger partial charge in [0.15, 0.2) is 0 Å². The first kappa shape index (κ1) is 22.1. The van der Waals surface area contributed by atoms with Crippen LogP contribution in [0.4, 0.5) is 17.6 Å². The van der Waals surface area contributed by atoms with E-state index in [0.29, 0.717) is 17.9 Å². The van der Waals surface area contributed by atoms with Gasteiger partial charge in [0, 0.05) is 0 Å². The minimum Gasteiger partial charge on any atom is -0.206 e. The number of rotatable bonds is 7. The summed E-state index contributed by atoms with van der Waals surface area (Å²) in [5.41, 5.74) is -0.0329. The van der Waals surface area contributed by atoms with Gasteiger partial charge in [-0.25, -0.2) is 17.6 Å². The Hall–Kier alpha value is -1.55. The summed E-state index contributed by atoms with van der Waals surface area (Å²) in [5.74, 6) is -2.50. The van der Waals surface area contributed by atoms with Crippen LogP contribution in [0.5, 0.6) is 0 Å². The zero-order valence-corrected chi connectivity index (χ0v) is 17.5. The van der Waals surface area contributed by atoms with E-state index in [1.807, 2.05) is 0 Å². The molecule has 0 N–H and O–H groups in total. The molecule has 2 aromatic carbocycles. The first-order valence-corrected chi connectivity index (χ1v) is 10.9. The molecule has 0 radical (unpaired) electrons. The average molecular weight is 427 g/mol. The van der Waals surface area contributed by atoms with E-state index < -0.39 is 33.9 Å². The van der Waals surface area contributed by atoms with Crippen LogP contribution >= 0.6 is 11.6 Å². The SMILES string of the molecule is CCCCCC1CCC(Cc2cc(F)c(-c3cc(F)c(Cl)c(F)c3)c(F)c2)CC1. The van der Waals surface area contributed by atoms with Crippen molar-refractivity contribution in [2.24, 2.45) is 11.8 Å². The summed E-state index contributed by atoms with van der Waals surface area (Å²) >= 11 is 5.46. The van der Waals surface area contributed by atoms with Crippen molar-refractivity contribution in [3.8, 4) is 11.1 Å². The summed E-state index contributed by atoms with van der Waals surface area (Å²) in [7, 11) is 0. The predicted molar refractivity (Wildman–Crippen MR) is 110 cm³/mol. The lowest BCUT2D eigenvalue weighted by Gasteiger charge is -2.28. The molecule has 29 heavy (non-hydrogen) atoms. The van der Waals surface area contributed by atoms with Gasteiger partial charge in [-0.3, -0.25) is 0 Å². The zero-order chi connectivity index (χ0) is 21.0. The molecule has 0 aromatic heterocycles. The lowest BCUT2D eigenvalue weighted by Crippen LogP contribution is -2.16. The molecule has 3 rings (SSSR count). The topological polar surface area (TPSA) is 0 Å². The first-order chi connectivity index (χ1) is 13.9. The quantitative estimate of drug-likeness (QED) is 0.236. The van der Waals surface area contributed by atoms with Crippen LogP contribution in [0.3, 0.4) is 0 Å². The predicted octanol–water partition coefficient (Wildman–Crippen LogP) is 8.49. The molecule has 1 fully saturated rings. The monoisotopic (exact) mass is 426 g/mol.